The zero-order valence-corrected chi connectivity index (χ0v) is 9.58. The third kappa shape index (κ3) is 2.29. The van der Waals surface area contributed by atoms with Crippen LogP contribution >= 0.6 is 0 Å². The summed E-state index contributed by atoms with van der Waals surface area (Å²) in [5.74, 6) is 5.26. The third-order valence-corrected chi connectivity index (χ3v) is 4.04. The average Bonchev–Trinajstić information content (AvgIpc) is 2.95. The number of hydrogen-bond acceptors (Lipinski definition) is 6. The molecule has 0 aliphatic heterocycles. The Labute approximate surface area is 93.5 Å². The van der Waals surface area contributed by atoms with Crippen molar-refractivity contribution in [2.45, 2.75) is 30.2 Å². The fourth-order valence-electron chi connectivity index (χ4n) is 1.20. The SMILES string of the molecule is CC1(NS(=O)(=O)c2cnc(NN)nc2)CC1. The van der Waals surface area contributed by atoms with Gasteiger partial charge in [0.05, 0.1) is 12.4 Å². The first-order valence-electron chi connectivity index (χ1n) is 4.78. The molecule has 0 spiro atoms. The monoisotopic (exact) mass is 243 g/mol. The summed E-state index contributed by atoms with van der Waals surface area (Å²) < 4.78 is 26.3. The van der Waals surface area contributed by atoms with E-state index in [0.717, 1.165) is 12.8 Å². The zero-order valence-electron chi connectivity index (χ0n) is 8.77. The quantitative estimate of drug-likeness (QED) is 0.490. The predicted octanol–water partition coefficient (Wildman–Crippen LogP) is -0.407. The van der Waals surface area contributed by atoms with E-state index in [2.05, 4.69) is 20.1 Å². The van der Waals surface area contributed by atoms with Crippen molar-refractivity contribution < 1.29 is 8.42 Å². The van der Waals surface area contributed by atoms with E-state index >= 15 is 0 Å². The number of nitrogen functional groups attached to an aromatic ring is 1. The van der Waals surface area contributed by atoms with Gasteiger partial charge in [0.15, 0.2) is 0 Å². The van der Waals surface area contributed by atoms with Gasteiger partial charge in [0.1, 0.15) is 4.90 Å². The summed E-state index contributed by atoms with van der Waals surface area (Å²) in [6.45, 7) is 1.86. The molecule has 0 saturated heterocycles. The van der Waals surface area contributed by atoms with Gasteiger partial charge in [0, 0.05) is 5.54 Å². The Morgan fingerprint density at radius 3 is 2.38 bits per heavy atom. The summed E-state index contributed by atoms with van der Waals surface area (Å²) in [4.78, 5) is 7.54. The fraction of sp³-hybridized carbons (Fsp3) is 0.500. The van der Waals surface area contributed by atoms with Gasteiger partial charge in [-0.3, -0.25) is 5.43 Å². The lowest BCUT2D eigenvalue weighted by Gasteiger charge is -2.11. The topological polar surface area (TPSA) is 110 Å². The lowest BCUT2D eigenvalue weighted by Crippen LogP contribution is -2.34. The first-order chi connectivity index (χ1) is 7.45. The molecule has 1 aliphatic carbocycles. The number of hydrogen-bond donors (Lipinski definition) is 3. The Hall–Kier alpha value is -1.25. The number of sulfonamides is 1. The standard InChI is InChI=1S/C8H13N5O2S/c1-8(2-3-8)13-16(14,15)6-4-10-7(12-9)11-5-6/h4-5,13H,2-3,9H2,1H3,(H,10,11,12). The maximum atomic E-state index is 11.8. The second-order valence-electron chi connectivity index (χ2n) is 4.05. The van der Waals surface area contributed by atoms with Gasteiger partial charge >= 0.3 is 0 Å². The summed E-state index contributed by atoms with van der Waals surface area (Å²) in [5, 5.41) is 0. The van der Waals surface area contributed by atoms with Gasteiger partial charge in [-0.25, -0.2) is 29.0 Å². The Balaban J connectivity index is 2.21. The van der Waals surface area contributed by atoms with Crippen LogP contribution in [-0.2, 0) is 10.0 Å². The molecular formula is C8H13N5O2S. The highest BCUT2D eigenvalue weighted by molar-refractivity contribution is 7.89. The highest BCUT2D eigenvalue weighted by atomic mass is 32.2. The highest BCUT2D eigenvalue weighted by Gasteiger charge is 2.41. The van der Waals surface area contributed by atoms with Crippen molar-refractivity contribution in [1.29, 1.82) is 0 Å². The second-order valence-corrected chi connectivity index (χ2v) is 5.74. The zero-order chi connectivity index (χ0) is 11.8. The number of rotatable bonds is 4. The number of anilines is 1. The number of hydrazine groups is 1. The Morgan fingerprint density at radius 2 is 1.94 bits per heavy atom. The van der Waals surface area contributed by atoms with Gasteiger partial charge in [0.25, 0.3) is 0 Å². The van der Waals surface area contributed by atoms with E-state index in [1.165, 1.54) is 12.4 Å². The van der Waals surface area contributed by atoms with Gasteiger partial charge in [-0.15, -0.1) is 0 Å². The molecule has 1 heterocycles. The van der Waals surface area contributed by atoms with E-state index in [4.69, 9.17) is 5.84 Å². The van der Waals surface area contributed by atoms with Crippen LogP contribution < -0.4 is 16.0 Å². The first-order valence-corrected chi connectivity index (χ1v) is 6.26. The minimum Gasteiger partial charge on any atom is -0.292 e. The van der Waals surface area contributed by atoms with Crippen LogP contribution in [-0.4, -0.2) is 23.9 Å². The maximum Gasteiger partial charge on any atom is 0.244 e. The van der Waals surface area contributed by atoms with E-state index in [1.54, 1.807) is 0 Å². The molecule has 1 aromatic rings. The molecule has 8 heteroatoms. The van der Waals surface area contributed by atoms with Crippen LogP contribution in [0.3, 0.4) is 0 Å². The van der Waals surface area contributed by atoms with Crippen molar-refractivity contribution in [2.24, 2.45) is 5.84 Å². The van der Waals surface area contributed by atoms with Gasteiger partial charge < -0.3 is 0 Å². The summed E-state index contributed by atoms with van der Waals surface area (Å²) in [6, 6.07) is 0. The van der Waals surface area contributed by atoms with Crippen molar-refractivity contribution in [3.8, 4) is 0 Å². The van der Waals surface area contributed by atoms with Gasteiger partial charge in [-0.05, 0) is 19.8 Å². The molecule has 0 radical (unpaired) electrons. The number of nitrogens with two attached hydrogens (primary N) is 1. The van der Waals surface area contributed by atoms with Crippen molar-refractivity contribution in [3.63, 3.8) is 0 Å². The summed E-state index contributed by atoms with van der Waals surface area (Å²) in [6.07, 6.45) is 4.15. The largest absolute Gasteiger partial charge is 0.292 e. The first kappa shape index (κ1) is 11.2. The summed E-state index contributed by atoms with van der Waals surface area (Å²) >= 11 is 0. The smallest absolute Gasteiger partial charge is 0.244 e. The van der Waals surface area contributed by atoms with Crippen LogP contribution in [0.15, 0.2) is 17.3 Å². The van der Waals surface area contributed by atoms with Gasteiger partial charge in [-0.2, -0.15) is 0 Å². The molecule has 4 N–H and O–H groups in total. The van der Waals surface area contributed by atoms with Crippen LogP contribution in [0.5, 0.6) is 0 Å². The second kappa shape index (κ2) is 3.65. The van der Waals surface area contributed by atoms with E-state index < -0.39 is 10.0 Å². The molecule has 1 aromatic heterocycles. The molecule has 88 valence electrons. The number of aromatic nitrogens is 2. The predicted molar refractivity (Wildman–Crippen MR) is 57.8 cm³/mol. The maximum absolute atomic E-state index is 11.8. The molecule has 2 rings (SSSR count). The molecule has 0 unspecified atom stereocenters. The van der Waals surface area contributed by atoms with Crippen LogP contribution in [0.2, 0.25) is 0 Å². The molecule has 7 nitrogen and oxygen atoms in total. The minimum absolute atomic E-state index is 0.0413. The van der Waals surface area contributed by atoms with Crippen molar-refractivity contribution >= 4 is 16.0 Å². The van der Waals surface area contributed by atoms with Gasteiger partial charge in [-0.1, -0.05) is 0 Å². The third-order valence-electron chi connectivity index (χ3n) is 2.45. The van der Waals surface area contributed by atoms with Crippen molar-refractivity contribution in [1.82, 2.24) is 14.7 Å². The summed E-state index contributed by atoms with van der Waals surface area (Å²) in [5.41, 5.74) is 1.93. The molecule has 1 aliphatic rings. The fourth-order valence-corrected chi connectivity index (χ4v) is 2.56. The highest BCUT2D eigenvalue weighted by Crippen LogP contribution is 2.35. The Kier molecular flexibility index (Phi) is 2.56. The summed E-state index contributed by atoms with van der Waals surface area (Å²) in [7, 11) is -3.52. The molecular weight excluding hydrogens is 230 g/mol. The minimum atomic E-state index is -3.52. The molecule has 16 heavy (non-hydrogen) atoms. The van der Waals surface area contributed by atoms with Crippen molar-refractivity contribution in [3.05, 3.63) is 12.4 Å². The van der Waals surface area contributed by atoms with E-state index in [9.17, 15) is 8.42 Å². The molecule has 0 bridgehead atoms. The Morgan fingerprint density at radius 1 is 1.38 bits per heavy atom. The molecule has 0 aromatic carbocycles. The Bertz CT molecular complexity index is 480. The van der Waals surface area contributed by atoms with Crippen LogP contribution in [0.4, 0.5) is 5.95 Å². The lowest BCUT2D eigenvalue weighted by molar-refractivity contribution is 0.557. The normalized spacial score (nSPS) is 18.1. The van der Waals surface area contributed by atoms with Crippen molar-refractivity contribution in [2.75, 3.05) is 5.43 Å². The molecule has 1 fully saturated rings. The van der Waals surface area contributed by atoms with Gasteiger partial charge in [0.2, 0.25) is 16.0 Å². The molecule has 0 amide bonds. The number of nitrogens with one attached hydrogen (secondary N) is 2. The lowest BCUT2D eigenvalue weighted by atomic mass is 10.4. The van der Waals surface area contributed by atoms with E-state index in [-0.39, 0.29) is 16.4 Å². The van der Waals surface area contributed by atoms with Crippen LogP contribution in [0.25, 0.3) is 0 Å². The number of nitrogens with zero attached hydrogens (tertiary/aromatic N) is 2. The van der Waals surface area contributed by atoms with Crippen LogP contribution in [0.1, 0.15) is 19.8 Å². The van der Waals surface area contributed by atoms with E-state index in [0.29, 0.717) is 0 Å². The van der Waals surface area contributed by atoms with Crippen LogP contribution in [0, 0.1) is 0 Å². The molecule has 0 atom stereocenters. The molecule has 1 saturated carbocycles. The van der Waals surface area contributed by atoms with E-state index in [1.807, 2.05) is 6.92 Å². The average molecular weight is 243 g/mol.